The maximum absolute atomic E-state index is 2.38. The fourth-order valence-electron chi connectivity index (χ4n) is 7.46. The van der Waals surface area contributed by atoms with Crippen LogP contribution in [0.25, 0.3) is 66.6 Å². The molecule has 2 heterocycles. The van der Waals surface area contributed by atoms with Gasteiger partial charge in [0.25, 0.3) is 0 Å². The van der Waals surface area contributed by atoms with Gasteiger partial charge >= 0.3 is 0 Å². The van der Waals surface area contributed by atoms with Crippen LogP contribution in [0.2, 0.25) is 0 Å². The Kier molecular flexibility index (Phi) is 7.02. The van der Waals surface area contributed by atoms with Gasteiger partial charge in [-0.15, -0.1) is 0 Å². The molecule has 0 saturated carbocycles. The van der Waals surface area contributed by atoms with E-state index < -0.39 is 0 Å². The third kappa shape index (κ3) is 4.96. The maximum atomic E-state index is 2.38. The molecule has 7 aromatic carbocycles. The highest BCUT2D eigenvalue weighted by molar-refractivity contribution is 6.10. The average molecular weight is 629 g/mol. The minimum Gasteiger partial charge on any atom is -0.309 e. The predicted octanol–water partition coefficient (Wildman–Crippen LogP) is 12.6. The predicted molar refractivity (Wildman–Crippen MR) is 209 cm³/mol. The first-order valence-corrected chi connectivity index (χ1v) is 17.1. The number of benzene rings is 7. The summed E-state index contributed by atoms with van der Waals surface area (Å²) in [5.41, 5.74) is 13.3. The Balaban J connectivity index is 1.16. The van der Waals surface area contributed by atoms with Crippen molar-refractivity contribution in [1.82, 2.24) is 9.13 Å². The van der Waals surface area contributed by atoms with Crippen LogP contribution in [-0.2, 0) is 0 Å². The first-order chi connectivity index (χ1) is 24.1. The molecular weight excluding hydrogens is 593 g/mol. The van der Waals surface area contributed by atoms with Crippen molar-refractivity contribution in [2.24, 2.45) is 0 Å². The lowest BCUT2D eigenvalue weighted by Gasteiger charge is -2.14. The summed E-state index contributed by atoms with van der Waals surface area (Å²) in [5, 5.41) is 5.10. The summed E-state index contributed by atoms with van der Waals surface area (Å²) in [7, 11) is 0. The Morgan fingerprint density at radius 3 is 1.10 bits per heavy atom. The first kappa shape index (κ1) is 29.1. The standard InChI is InChI=1S/C47H36N2/c1-32(2)34-21-19-33(20-22-34)31-43(35-23-27-37(28-24-35)48-44-15-7-3-11-39(44)40-12-4-8-16-45(40)48)36-25-29-38(30-26-36)49-46-17-9-5-13-41(46)42-14-6-10-18-47(42)49/h3-32H,1-2H3. The molecule has 0 aliphatic heterocycles. The maximum Gasteiger partial charge on any atom is 0.0541 e. The van der Waals surface area contributed by atoms with Gasteiger partial charge in [0, 0.05) is 32.9 Å². The van der Waals surface area contributed by atoms with Crippen molar-refractivity contribution >= 4 is 55.3 Å². The highest BCUT2D eigenvalue weighted by atomic mass is 15.0. The van der Waals surface area contributed by atoms with E-state index in [1.165, 1.54) is 71.4 Å². The van der Waals surface area contributed by atoms with E-state index in [4.69, 9.17) is 0 Å². The topological polar surface area (TPSA) is 9.86 Å². The van der Waals surface area contributed by atoms with E-state index >= 15 is 0 Å². The number of rotatable bonds is 6. The zero-order valence-corrected chi connectivity index (χ0v) is 27.7. The zero-order chi connectivity index (χ0) is 32.9. The molecule has 9 rings (SSSR count). The second-order valence-corrected chi connectivity index (χ2v) is 13.2. The van der Waals surface area contributed by atoms with Crippen LogP contribution in [0.1, 0.15) is 42.0 Å². The van der Waals surface area contributed by atoms with Crippen LogP contribution in [0.3, 0.4) is 0 Å². The first-order valence-electron chi connectivity index (χ1n) is 17.1. The van der Waals surface area contributed by atoms with Gasteiger partial charge in [-0.3, -0.25) is 0 Å². The van der Waals surface area contributed by atoms with Gasteiger partial charge in [0.15, 0.2) is 0 Å². The Labute approximate surface area is 286 Å². The van der Waals surface area contributed by atoms with Crippen molar-refractivity contribution in [2.75, 3.05) is 0 Å². The van der Waals surface area contributed by atoms with E-state index in [1.54, 1.807) is 0 Å². The molecule has 2 nitrogen and oxygen atoms in total. The van der Waals surface area contributed by atoms with E-state index in [-0.39, 0.29) is 0 Å². The van der Waals surface area contributed by atoms with E-state index in [2.05, 4.69) is 199 Å². The van der Waals surface area contributed by atoms with Crippen LogP contribution in [0, 0.1) is 0 Å². The molecule has 2 aromatic heterocycles. The van der Waals surface area contributed by atoms with Gasteiger partial charge in [-0.2, -0.15) is 0 Å². The van der Waals surface area contributed by atoms with E-state index in [9.17, 15) is 0 Å². The molecule has 0 aliphatic carbocycles. The summed E-state index contributed by atoms with van der Waals surface area (Å²) in [6, 6.07) is 61.9. The lowest BCUT2D eigenvalue weighted by atomic mass is 9.94. The van der Waals surface area contributed by atoms with Crippen molar-refractivity contribution in [3.63, 3.8) is 0 Å². The fraction of sp³-hybridized carbons (Fsp3) is 0.0638. The lowest BCUT2D eigenvalue weighted by Crippen LogP contribution is -1.96. The third-order valence-electron chi connectivity index (χ3n) is 9.95. The molecular formula is C47H36N2. The number of hydrogen-bond donors (Lipinski definition) is 0. The van der Waals surface area contributed by atoms with E-state index in [0.29, 0.717) is 5.92 Å². The molecule has 0 radical (unpaired) electrons. The Bertz CT molecular complexity index is 2380. The minimum atomic E-state index is 0.499. The summed E-state index contributed by atoms with van der Waals surface area (Å²) < 4.78 is 4.76. The van der Waals surface area contributed by atoms with Crippen molar-refractivity contribution < 1.29 is 0 Å². The molecule has 0 bridgehead atoms. The molecule has 0 aliphatic rings. The van der Waals surface area contributed by atoms with Gasteiger partial charge in [0.1, 0.15) is 0 Å². The molecule has 49 heavy (non-hydrogen) atoms. The summed E-state index contributed by atoms with van der Waals surface area (Å²) in [4.78, 5) is 0. The van der Waals surface area contributed by atoms with Crippen LogP contribution in [-0.4, -0.2) is 9.13 Å². The number of aromatic nitrogens is 2. The molecule has 9 aromatic rings. The Hall–Kier alpha value is -6.12. The number of hydrogen-bond acceptors (Lipinski definition) is 0. The van der Waals surface area contributed by atoms with E-state index in [1.807, 2.05) is 0 Å². The monoisotopic (exact) mass is 628 g/mol. The van der Waals surface area contributed by atoms with Gasteiger partial charge in [-0.1, -0.05) is 135 Å². The summed E-state index contributed by atoms with van der Waals surface area (Å²) in [6.07, 6.45) is 2.33. The van der Waals surface area contributed by atoms with Crippen LogP contribution < -0.4 is 0 Å². The Morgan fingerprint density at radius 2 is 0.755 bits per heavy atom. The molecule has 234 valence electrons. The lowest BCUT2D eigenvalue weighted by molar-refractivity contribution is 0.866. The SMILES string of the molecule is CC(C)c1ccc(C=C(c2ccc(-n3c4ccccc4c4ccccc43)cc2)c2ccc(-n3c4ccccc4c4ccccc43)cc2)cc1. The van der Waals surface area contributed by atoms with Crippen molar-refractivity contribution in [3.05, 3.63) is 192 Å². The van der Waals surface area contributed by atoms with Crippen molar-refractivity contribution in [3.8, 4) is 11.4 Å². The van der Waals surface area contributed by atoms with Gasteiger partial charge in [-0.25, -0.2) is 0 Å². The molecule has 0 saturated heterocycles. The average Bonchev–Trinajstić information content (AvgIpc) is 3.67. The van der Waals surface area contributed by atoms with E-state index in [0.717, 1.165) is 11.4 Å². The molecule has 0 atom stereocenters. The molecule has 2 heteroatoms. The second-order valence-electron chi connectivity index (χ2n) is 13.2. The van der Waals surface area contributed by atoms with Crippen molar-refractivity contribution in [1.29, 1.82) is 0 Å². The van der Waals surface area contributed by atoms with Gasteiger partial charge in [0.05, 0.1) is 22.1 Å². The van der Waals surface area contributed by atoms with Gasteiger partial charge in [-0.05, 0) is 88.4 Å². The summed E-state index contributed by atoms with van der Waals surface area (Å²) in [6.45, 7) is 4.49. The Morgan fingerprint density at radius 1 is 0.408 bits per heavy atom. The normalized spacial score (nSPS) is 11.7. The highest BCUT2D eigenvalue weighted by Gasteiger charge is 2.15. The summed E-state index contributed by atoms with van der Waals surface area (Å²) in [5.74, 6) is 0.499. The smallest absolute Gasteiger partial charge is 0.0541 e. The zero-order valence-electron chi connectivity index (χ0n) is 27.7. The van der Waals surface area contributed by atoms with Crippen LogP contribution in [0.15, 0.2) is 170 Å². The van der Waals surface area contributed by atoms with Crippen LogP contribution in [0.5, 0.6) is 0 Å². The highest BCUT2D eigenvalue weighted by Crippen LogP contribution is 2.35. The quantitative estimate of drug-likeness (QED) is 0.162. The number of para-hydroxylation sites is 4. The third-order valence-corrected chi connectivity index (χ3v) is 9.95. The largest absolute Gasteiger partial charge is 0.309 e. The number of nitrogens with zero attached hydrogens (tertiary/aromatic N) is 2. The number of fused-ring (bicyclic) bond motifs is 6. The molecule has 0 N–H and O–H groups in total. The van der Waals surface area contributed by atoms with Gasteiger partial charge < -0.3 is 9.13 Å². The molecule has 0 fully saturated rings. The molecule has 0 amide bonds. The summed E-state index contributed by atoms with van der Waals surface area (Å²) >= 11 is 0. The van der Waals surface area contributed by atoms with Crippen LogP contribution >= 0.6 is 0 Å². The van der Waals surface area contributed by atoms with Crippen molar-refractivity contribution in [2.45, 2.75) is 19.8 Å². The molecule has 0 spiro atoms. The van der Waals surface area contributed by atoms with Gasteiger partial charge in [0.2, 0.25) is 0 Å². The fourth-order valence-corrected chi connectivity index (χ4v) is 7.46. The second kappa shape index (κ2) is 11.8. The minimum absolute atomic E-state index is 0.499. The van der Waals surface area contributed by atoms with Crippen LogP contribution in [0.4, 0.5) is 0 Å². The molecule has 0 unspecified atom stereocenters.